The Balaban J connectivity index is -0.00000000381. The fourth-order valence-corrected chi connectivity index (χ4v) is 0. The molecular formula is H15FeNO9S. The molecular weight excluding hydrogens is 246 g/mol. The first kappa shape index (κ1) is 87.7. The van der Waals surface area contributed by atoms with E-state index in [1.807, 2.05) is 0 Å². The van der Waals surface area contributed by atoms with Crippen molar-refractivity contribution in [1.29, 1.82) is 0 Å². The first-order valence-electron chi connectivity index (χ1n) is 0.698. The molecule has 12 heteroatoms. The third-order valence-corrected chi connectivity index (χ3v) is 0. The Kier molecular flexibility index (Phi) is 222. The Labute approximate surface area is 79.1 Å². The second-order valence-electron chi connectivity index (χ2n) is 0.448. The average Bonchev–Trinajstić information content (AvgIpc) is 0.722. The van der Waals surface area contributed by atoms with Crippen molar-refractivity contribution >= 4 is 10.4 Å². The van der Waals surface area contributed by atoms with E-state index >= 15 is 0 Å². The van der Waals surface area contributed by atoms with Crippen LogP contribution < -0.4 is 6.15 Å². The SMILES string of the molecule is N.O.O.O.O.O.O=S(=O)(O)O.[Fe]. The first-order chi connectivity index (χ1) is 2.00. The van der Waals surface area contributed by atoms with Crippen LogP contribution in [0.25, 0.3) is 0 Å². The van der Waals surface area contributed by atoms with Gasteiger partial charge in [0.25, 0.3) is 0 Å². The molecule has 0 aromatic heterocycles. The van der Waals surface area contributed by atoms with Gasteiger partial charge in [0.15, 0.2) is 0 Å². The Morgan fingerprint density at radius 2 is 0.750 bits per heavy atom. The molecule has 0 amide bonds. The minimum atomic E-state index is -4.67. The summed E-state index contributed by atoms with van der Waals surface area (Å²) < 4.78 is 31.6. The van der Waals surface area contributed by atoms with Gasteiger partial charge in [0, 0.05) is 17.1 Å². The summed E-state index contributed by atoms with van der Waals surface area (Å²) in [4.78, 5) is 0. The molecule has 0 spiro atoms. The molecule has 0 saturated carbocycles. The summed E-state index contributed by atoms with van der Waals surface area (Å²) in [6, 6.07) is 0. The predicted octanol–water partition coefficient (Wildman–Crippen LogP) is -4.62. The Morgan fingerprint density at radius 3 is 0.750 bits per heavy atom. The van der Waals surface area contributed by atoms with Crippen molar-refractivity contribution < 1.29 is 62.0 Å². The van der Waals surface area contributed by atoms with Gasteiger partial charge in [0.05, 0.1) is 0 Å². The van der Waals surface area contributed by atoms with Crippen LogP contribution >= 0.6 is 0 Å². The molecule has 0 atom stereocenters. The summed E-state index contributed by atoms with van der Waals surface area (Å²) in [5.41, 5.74) is 0. The van der Waals surface area contributed by atoms with Gasteiger partial charge in [-0.15, -0.1) is 0 Å². The summed E-state index contributed by atoms with van der Waals surface area (Å²) in [5.74, 6) is 0. The molecule has 0 rings (SSSR count). The van der Waals surface area contributed by atoms with E-state index < -0.39 is 10.4 Å². The van der Waals surface area contributed by atoms with Gasteiger partial charge in [0.1, 0.15) is 0 Å². The zero-order valence-electron chi connectivity index (χ0n) is 5.68. The number of hydrogen-bond acceptors (Lipinski definition) is 3. The molecule has 0 heterocycles. The molecule has 0 fully saturated rings. The maximum atomic E-state index is 8.74. The van der Waals surface area contributed by atoms with Crippen molar-refractivity contribution in [3.8, 4) is 0 Å². The molecule has 0 radical (unpaired) electrons. The van der Waals surface area contributed by atoms with Crippen molar-refractivity contribution in [2.75, 3.05) is 0 Å². The molecule has 0 aliphatic carbocycles. The molecule has 88 valence electrons. The number of hydrogen-bond donors (Lipinski definition) is 3. The van der Waals surface area contributed by atoms with Crippen molar-refractivity contribution in [2.24, 2.45) is 0 Å². The van der Waals surface area contributed by atoms with Gasteiger partial charge >= 0.3 is 10.4 Å². The summed E-state index contributed by atoms with van der Waals surface area (Å²) >= 11 is 0. The van der Waals surface area contributed by atoms with Gasteiger partial charge in [-0.05, 0) is 0 Å². The minimum Gasteiger partial charge on any atom is -0.412 e. The van der Waals surface area contributed by atoms with E-state index in [9.17, 15) is 0 Å². The van der Waals surface area contributed by atoms with Crippen LogP contribution in [0, 0.1) is 0 Å². The summed E-state index contributed by atoms with van der Waals surface area (Å²) in [7, 11) is -4.67. The second-order valence-corrected chi connectivity index (χ2v) is 1.34. The summed E-state index contributed by atoms with van der Waals surface area (Å²) in [6.45, 7) is 0. The Bertz CT molecular complexity index is 97.7. The van der Waals surface area contributed by atoms with Crippen LogP contribution in [0.4, 0.5) is 0 Å². The average molecular weight is 261 g/mol. The molecule has 15 N–H and O–H groups in total. The van der Waals surface area contributed by atoms with Crippen LogP contribution in [0.5, 0.6) is 0 Å². The van der Waals surface area contributed by atoms with E-state index in [1.54, 1.807) is 0 Å². The van der Waals surface area contributed by atoms with Gasteiger partial charge in [-0.2, -0.15) is 8.42 Å². The van der Waals surface area contributed by atoms with Crippen molar-refractivity contribution in [1.82, 2.24) is 6.15 Å². The van der Waals surface area contributed by atoms with Crippen LogP contribution in [0.15, 0.2) is 0 Å². The largest absolute Gasteiger partial charge is 0.412 e. The Hall–Kier alpha value is 0.149. The fraction of sp³-hybridized carbons (Fsp3) is 0. The van der Waals surface area contributed by atoms with E-state index in [2.05, 4.69) is 0 Å². The topological polar surface area (TPSA) is 267 Å². The third-order valence-electron chi connectivity index (χ3n) is 0. The monoisotopic (exact) mass is 261 g/mol. The molecule has 0 bridgehead atoms. The van der Waals surface area contributed by atoms with Crippen LogP contribution in [-0.4, -0.2) is 44.9 Å². The third kappa shape index (κ3) is 38000. The Morgan fingerprint density at radius 1 is 0.750 bits per heavy atom. The van der Waals surface area contributed by atoms with Gasteiger partial charge in [-0.3, -0.25) is 9.11 Å². The molecule has 0 aromatic carbocycles. The van der Waals surface area contributed by atoms with E-state index in [4.69, 9.17) is 17.5 Å². The number of rotatable bonds is 0. The first-order valence-corrected chi connectivity index (χ1v) is 2.10. The molecule has 0 aliphatic heterocycles. The van der Waals surface area contributed by atoms with Crippen LogP contribution in [-0.2, 0) is 27.5 Å². The van der Waals surface area contributed by atoms with Crippen molar-refractivity contribution in [3.05, 3.63) is 0 Å². The van der Waals surface area contributed by atoms with Crippen molar-refractivity contribution in [3.63, 3.8) is 0 Å². The van der Waals surface area contributed by atoms with Gasteiger partial charge in [-0.25, -0.2) is 0 Å². The zero-order chi connectivity index (χ0) is 4.50. The second kappa shape index (κ2) is 30.4. The van der Waals surface area contributed by atoms with Crippen molar-refractivity contribution in [2.45, 2.75) is 0 Å². The summed E-state index contributed by atoms with van der Waals surface area (Å²) in [5, 5.41) is 0. The van der Waals surface area contributed by atoms with E-state index in [0.29, 0.717) is 0 Å². The zero-order valence-corrected chi connectivity index (χ0v) is 7.60. The molecule has 10 nitrogen and oxygen atoms in total. The van der Waals surface area contributed by atoms with Gasteiger partial charge in [0.2, 0.25) is 0 Å². The quantitative estimate of drug-likeness (QED) is 0.285. The van der Waals surface area contributed by atoms with Gasteiger partial charge in [-0.1, -0.05) is 0 Å². The molecule has 0 unspecified atom stereocenters. The molecule has 0 saturated heterocycles. The molecule has 0 aromatic rings. The minimum absolute atomic E-state index is 0. The smallest absolute Gasteiger partial charge is 0.394 e. The van der Waals surface area contributed by atoms with Gasteiger partial charge < -0.3 is 33.5 Å². The maximum absolute atomic E-state index is 8.74. The van der Waals surface area contributed by atoms with Crippen LogP contribution in [0.3, 0.4) is 0 Å². The maximum Gasteiger partial charge on any atom is 0.394 e. The fourth-order valence-electron chi connectivity index (χ4n) is 0. The molecule has 12 heavy (non-hydrogen) atoms. The van der Waals surface area contributed by atoms with E-state index in [1.165, 1.54) is 0 Å². The summed E-state index contributed by atoms with van der Waals surface area (Å²) in [6.07, 6.45) is 0. The van der Waals surface area contributed by atoms with E-state index in [0.717, 1.165) is 0 Å². The normalized spacial score (nSPS) is 4.83. The van der Waals surface area contributed by atoms with Crippen LogP contribution in [0.1, 0.15) is 0 Å². The molecule has 0 aliphatic rings. The van der Waals surface area contributed by atoms with Crippen LogP contribution in [0.2, 0.25) is 0 Å². The predicted molar refractivity (Wildman–Crippen MR) is 37.3 cm³/mol. The van der Waals surface area contributed by atoms with E-state index in [-0.39, 0.29) is 50.6 Å². The standard InChI is InChI=1S/Fe.H3N.H2O4S.5H2O/c;;1-5(2,3)4;;;;;/h;1H3;(H2,1,2,3,4);5*1H2.